The second-order valence-corrected chi connectivity index (χ2v) is 7.17. The lowest BCUT2D eigenvalue weighted by Crippen LogP contribution is -2.47. The Kier molecular flexibility index (Phi) is 14.8. The largest absolute Gasteiger partial charge is 0.497 e. The number of phenolic OH excluding ortho intramolecular Hbond substituents is 1. The predicted octanol–water partition coefficient (Wildman–Crippen LogP) is 1.92. The number of likely N-dealkylation sites (N-methyl/N-ethyl adjacent to an activating group) is 4. The fourth-order valence-electron chi connectivity index (χ4n) is 2.91. The van der Waals surface area contributed by atoms with Gasteiger partial charge in [0, 0.05) is 39.3 Å². The van der Waals surface area contributed by atoms with Crippen LogP contribution in [0.3, 0.4) is 0 Å². The number of phenols is 1. The van der Waals surface area contributed by atoms with Gasteiger partial charge < -0.3 is 25.5 Å². The van der Waals surface area contributed by atoms with E-state index in [1.54, 1.807) is 0 Å². The van der Waals surface area contributed by atoms with Crippen LogP contribution in [0.1, 0.15) is 27.7 Å². The first-order valence-electron chi connectivity index (χ1n) is 11.3. The van der Waals surface area contributed by atoms with E-state index in [1.165, 1.54) is 0 Å². The number of amidine groups is 2. The molecular formula is C20H35N9O7. The highest BCUT2D eigenvalue weighted by molar-refractivity contribution is 6.37. The number of non-ortho nitro benzene ring substituents is 1. The van der Waals surface area contributed by atoms with Crippen LogP contribution < -0.4 is 10.6 Å². The average molecular weight is 514 g/mol. The second kappa shape index (κ2) is 16.7. The third kappa shape index (κ3) is 10.1. The Labute approximate surface area is 208 Å². The van der Waals surface area contributed by atoms with Crippen molar-refractivity contribution < 1.29 is 19.9 Å². The van der Waals surface area contributed by atoms with Crippen LogP contribution in [0.2, 0.25) is 0 Å². The van der Waals surface area contributed by atoms with Gasteiger partial charge in [0.2, 0.25) is 0 Å². The Morgan fingerprint density at radius 3 is 1.42 bits per heavy atom. The summed E-state index contributed by atoms with van der Waals surface area (Å²) in [6.45, 7) is 14.9. The topological polar surface area (TPSA) is 228 Å². The number of nitrogens with zero attached hydrogens (tertiary/aromatic N) is 5. The molecule has 0 aliphatic carbocycles. The molecule has 5 N–H and O–H groups in total. The third-order valence-electron chi connectivity index (χ3n) is 4.90. The molecule has 36 heavy (non-hydrogen) atoms. The molecule has 0 spiro atoms. The molecule has 1 aromatic carbocycles. The maximum Gasteiger partial charge on any atom is 0.324 e. The first kappa shape index (κ1) is 32.1. The van der Waals surface area contributed by atoms with Crippen molar-refractivity contribution in [3.63, 3.8) is 0 Å². The minimum atomic E-state index is -1.21. The predicted molar refractivity (Wildman–Crippen MR) is 135 cm³/mol. The molecule has 0 unspecified atom stereocenters. The molecule has 0 bridgehead atoms. The van der Waals surface area contributed by atoms with E-state index in [9.17, 15) is 30.3 Å². The monoisotopic (exact) mass is 513 g/mol. The highest BCUT2D eigenvalue weighted by atomic mass is 16.6. The molecule has 0 atom stereocenters. The van der Waals surface area contributed by atoms with Crippen LogP contribution in [0.5, 0.6) is 5.75 Å². The van der Waals surface area contributed by atoms with E-state index in [-0.39, 0.29) is 0 Å². The van der Waals surface area contributed by atoms with Gasteiger partial charge in [-0.1, -0.05) is 13.8 Å². The molecule has 0 aliphatic rings. The van der Waals surface area contributed by atoms with E-state index < -0.39 is 37.6 Å². The van der Waals surface area contributed by atoms with Gasteiger partial charge in [-0.2, -0.15) is 0 Å². The average Bonchev–Trinajstić information content (AvgIpc) is 2.83. The summed E-state index contributed by atoms with van der Waals surface area (Å²) < 4.78 is 0. The number of hydrogen-bond donors (Lipinski definition) is 5. The molecule has 0 radical (unpaired) electrons. The fraction of sp³-hybridized carbons (Fsp3) is 0.600. The summed E-state index contributed by atoms with van der Waals surface area (Å²) in [5, 5.41) is 63.2. The Balaban J connectivity index is 0.000000696. The first-order valence-corrected chi connectivity index (χ1v) is 11.3. The van der Waals surface area contributed by atoms with Gasteiger partial charge >= 0.3 is 11.4 Å². The summed E-state index contributed by atoms with van der Waals surface area (Å²) in [6.07, 6.45) is 0. The van der Waals surface area contributed by atoms with Crippen molar-refractivity contribution in [2.24, 2.45) is 0 Å². The molecule has 1 aromatic rings. The number of rotatable bonds is 13. The van der Waals surface area contributed by atoms with Gasteiger partial charge in [0.1, 0.15) is 0 Å². The molecule has 16 heteroatoms. The summed E-state index contributed by atoms with van der Waals surface area (Å²) in [5.41, 5.74) is -3.00. The standard InChI is InChI=1S/C14H32N6.C6H3N3O7/c1-5-17-9-11-19(7-3)13(15)14(16)20(8-4)12-10-18-6-2;10-6-4(8(13)14)1-3(7(11)12)2-5(6)9(15)16/h15-18H,5-12H2,1-4H3;1-2,10H. The molecule has 0 aliphatic heterocycles. The van der Waals surface area contributed by atoms with E-state index in [1.807, 2.05) is 23.6 Å². The van der Waals surface area contributed by atoms with Crippen molar-refractivity contribution in [3.8, 4) is 5.75 Å². The summed E-state index contributed by atoms with van der Waals surface area (Å²) >= 11 is 0. The molecule has 202 valence electrons. The highest BCUT2D eigenvalue weighted by Crippen LogP contribution is 2.38. The SMILES string of the molecule is CCNCCN(CC)C(=N)C(=N)N(CC)CCNCC.O=[N+]([O-])c1cc([N+](=O)[O-])c(O)c([N+](=O)[O-])c1. The van der Waals surface area contributed by atoms with Gasteiger partial charge in [-0.25, -0.2) is 0 Å². The van der Waals surface area contributed by atoms with Crippen LogP contribution in [-0.4, -0.2) is 93.7 Å². The Bertz CT molecular complexity index is 864. The van der Waals surface area contributed by atoms with Gasteiger partial charge in [-0.3, -0.25) is 41.2 Å². The van der Waals surface area contributed by atoms with Crippen LogP contribution in [0.15, 0.2) is 12.1 Å². The molecule has 1 rings (SSSR count). The number of nitro benzene ring substituents is 3. The molecule has 0 heterocycles. The fourth-order valence-corrected chi connectivity index (χ4v) is 2.91. The number of benzene rings is 1. The Morgan fingerprint density at radius 2 is 1.17 bits per heavy atom. The van der Waals surface area contributed by atoms with Gasteiger partial charge in [0.15, 0.2) is 11.7 Å². The van der Waals surface area contributed by atoms with E-state index >= 15 is 0 Å². The van der Waals surface area contributed by atoms with Crippen molar-refractivity contribution in [2.45, 2.75) is 27.7 Å². The summed E-state index contributed by atoms with van der Waals surface area (Å²) in [5.74, 6) is -0.562. The molecule has 0 fully saturated rings. The summed E-state index contributed by atoms with van der Waals surface area (Å²) in [6, 6.07) is 0.894. The lowest BCUT2D eigenvalue weighted by molar-refractivity contribution is -0.404. The van der Waals surface area contributed by atoms with Crippen molar-refractivity contribution >= 4 is 28.7 Å². The van der Waals surface area contributed by atoms with E-state index in [0.29, 0.717) is 23.8 Å². The smallest absolute Gasteiger partial charge is 0.324 e. The zero-order valence-electron chi connectivity index (χ0n) is 20.9. The summed E-state index contributed by atoms with van der Waals surface area (Å²) in [7, 11) is 0. The van der Waals surface area contributed by atoms with Crippen molar-refractivity contribution in [1.29, 1.82) is 10.8 Å². The molecule has 0 amide bonds. The second-order valence-electron chi connectivity index (χ2n) is 7.17. The van der Waals surface area contributed by atoms with E-state index in [2.05, 4.69) is 24.5 Å². The van der Waals surface area contributed by atoms with E-state index in [4.69, 9.17) is 15.9 Å². The van der Waals surface area contributed by atoms with Gasteiger partial charge in [0.05, 0.1) is 26.9 Å². The molecule has 0 aromatic heterocycles. The van der Waals surface area contributed by atoms with Crippen LogP contribution in [0.25, 0.3) is 0 Å². The van der Waals surface area contributed by atoms with Crippen molar-refractivity contribution in [3.05, 3.63) is 42.5 Å². The van der Waals surface area contributed by atoms with Crippen LogP contribution in [0, 0.1) is 41.2 Å². The van der Waals surface area contributed by atoms with E-state index in [0.717, 1.165) is 52.4 Å². The van der Waals surface area contributed by atoms with Gasteiger partial charge in [-0.05, 0) is 26.9 Å². The Morgan fingerprint density at radius 1 is 0.806 bits per heavy atom. The number of nitrogens with one attached hydrogen (secondary N) is 4. The van der Waals surface area contributed by atoms with Gasteiger partial charge in [0.25, 0.3) is 11.4 Å². The van der Waals surface area contributed by atoms with Crippen molar-refractivity contribution in [2.75, 3.05) is 52.4 Å². The lowest BCUT2D eigenvalue weighted by atomic mass is 10.2. The van der Waals surface area contributed by atoms with Crippen LogP contribution in [0.4, 0.5) is 17.1 Å². The minimum absolute atomic E-state index is 0.323. The normalized spacial score (nSPS) is 10.1. The van der Waals surface area contributed by atoms with Crippen molar-refractivity contribution in [1.82, 2.24) is 20.4 Å². The maximum atomic E-state index is 10.4. The molecular weight excluding hydrogens is 478 g/mol. The number of hydrogen-bond acceptors (Lipinski definition) is 11. The number of nitro groups is 3. The number of aromatic hydroxyl groups is 1. The van der Waals surface area contributed by atoms with Crippen LogP contribution >= 0.6 is 0 Å². The zero-order chi connectivity index (χ0) is 27.8. The molecule has 16 nitrogen and oxygen atoms in total. The van der Waals surface area contributed by atoms with Crippen LogP contribution in [-0.2, 0) is 0 Å². The maximum absolute atomic E-state index is 10.4. The van der Waals surface area contributed by atoms with Gasteiger partial charge in [-0.15, -0.1) is 0 Å². The highest BCUT2D eigenvalue weighted by Gasteiger charge is 2.30. The minimum Gasteiger partial charge on any atom is -0.497 e. The lowest BCUT2D eigenvalue weighted by Gasteiger charge is -2.30. The molecule has 0 saturated heterocycles. The molecule has 0 saturated carbocycles. The third-order valence-corrected chi connectivity index (χ3v) is 4.90. The quantitative estimate of drug-likeness (QED) is 0.0840. The summed E-state index contributed by atoms with van der Waals surface area (Å²) in [4.78, 5) is 31.7. The first-order chi connectivity index (χ1) is 17.0. The Hall–Kier alpha value is -3.92. The zero-order valence-corrected chi connectivity index (χ0v) is 20.9.